The fourth-order valence-electron chi connectivity index (χ4n) is 5.69. The lowest BCUT2D eigenvalue weighted by Crippen LogP contribution is -2.44. The number of benzene rings is 2. The lowest BCUT2D eigenvalue weighted by molar-refractivity contribution is -0.172. The molecule has 2 aliphatic heterocycles. The molecule has 6 rings (SSSR count). The predicted octanol–water partition coefficient (Wildman–Crippen LogP) is 4.70. The van der Waals surface area contributed by atoms with Crippen molar-refractivity contribution in [2.45, 2.75) is 58.3 Å². The average Bonchev–Trinajstić information content (AvgIpc) is 3.26. The number of esters is 1. The summed E-state index contributed by atoms with van der Waals surface area (Å²) >= 11 is 0. The maximum atomic E-state index is 14.6. The molecule has 1 N–H and O–H groups in total. The number of carbonyl (C=O) groups excluding carboxylic acids is 1. The molecule has 2 aliphatic rings. The van der Waals surface area contributed by atoms with Crippen molar-refractivity contribution in [2.75, 3.05) is 0 Å². The van der Waals surface area contributed by atoms with Crippen LogP contribution in [-0.4, -0.2) is 20.6 Å². The van der Waals surface area contributed by atoms with E-state index in [2.05, 4.69) is 12.1 Å². The summed E-state index contributed by atoms with van der Waals surface area (Å²) in [6.45, 7) is 3.58. The van der Waals surface area contributed by atoms with Gasteiger partial charge in [0.15, 0.2) is 5.60 Å². The summed E-state index contributed by atoms with van der Waals surface area (Å²) in [6.07, 6.45) is 2.59. The summed E-state index contributed by atoms with van der Waals surface area (Å²) in [5, 5.41) is 12.0. The Labute approximate surface area is 213 Å². The molecule has 2 aromatic carbocycles. The number of hydrogen-bond acceptors (Lipinski definition) is 5. The number of carbonyl (C=O) groups is 1. The first-order valence-corrected chi connectivity index (χ1v) is 12.6. The van der Waals surface area contributed by atoms with Gasteiger partial charge in [-0.05, 0) is 61.4 Å². The Morgan fingerprint density at radius 3 is 2.65 bits per heavy atom. The maximum Gasteiger partial charge on any atom is 0.343 e. The van der Waals surface area contributed by atoms with Crippen LogP contribution in [0.5, 0.6) is 0 Å². The zero-order chi connectivity index (χ0) is 25.9. The van der Waals surface area contributed by atoms with Gasteiger partial charge in [-0.15, -0.1) is 0 Å². The monoisotopic (exact) mass is 498 g/mol. The number of nitrogens with zero attached hydrogens (tertiary/aromatic N) is 2. The van der Waals surface area contributed by atoms with Gasteiger partial charge < -0.3 is 14.4 Å². The third kappa shape index (κ3) is 3.60. The van der Waals surface area contributed by atoms with Gasteiger partial charge in [-0.3, -0.25) is 4.79 Å². The summed E-state index contributed by atoms with van der Waals surface area (Å²) < 4.78 is 21.4. The van der Waals surface area contributed by atoms with Gasteiger partial charge in [0.05, 0.1) is 29.0 Å². The Morgan fingerprint density at radius 2 is 1.89 bits per heavy atom. The molecule has 0 aliphatic carbocycles. The Balaban J connectivity index is 1.52. The van der Waals surface area contributed by atoms with Crippen LogP contribution < -0.4 is 5.56 Å². The van der Waals surface area contributed by atoms with Crippen molar-refractivity contribution >= 4 is 16.9 Å². The highest BCUT2D eigenvalue weighted by Crippen LogP contribution is 2.40. The highest BCUT2D eigenvalue weighted by Gasteiger charge is 2.45. The van der Waals surface area contributed by atoms with E-state index in [0.29, 0.717) is 29.0 Å². The highest BCUT2D eigenvalue weighted by atomic mass is 19.1. The molecule has 4 aromatic rings. The fraction of sp³-hybridized carbons (Fsp3) is 0.300. The van der Waals surface area contributed by atoms with Crippen LogP contribution in [0.25, 0.3) is 22.3 Å². The summed E-state index contributed by atoms with van der Waals surface area (Å²) in [7, 11) is 0. The van der Waals surface area contributed by atoms with Crippen LogP contribution in [0.1, 0.15) is 53.1 Å². The first-order valence-electron chi connectivity index (χ1n) is 12.6. The van der Waals surface area contributed by atoms with Gasteiger partial charge >= 0.3 is 5.97 Å². The molecule has 37 heavy (non-hydrogen) atoms. The van der Waals surface area contributed by atoms with Crippen molar-refractivity contribution in [3.63, 3.8) is 0 Å². The second kappa shape index (κ2) is 8.63. The van der Waals surface area contributed by atoms with E-state index >= 15 is 0 Å². The number of ether oxygens (including phenoxy) is 1. The van der Waals surface area contributed by atoms with Crippen LogP contribution in [0, 0.1) is 12.7 Å². The zero-order valence-corrected chi connectivity index (χ0v) is 20.8. The maximum absolute atomic E-state index is 14.6. The number of cyclic esters (lactones) is 1. The number of aliphatic hydroxyl groups is 1. The highest BCUT2D eigenvalue weighted by molar-refractivity contribution is 5.89. The molecule has 0 saturated heterocycles. The first kappa shape index (κ1) is 23.6. The number of halogens is 1. The normalized spacial score (nSPS) is 17.9. The van der Waals surface area contributed by atoms with Crippen molar-refractivity contribution in [3.05, 3.63) is 98.1 Å². The quantitative estimate of drug-likeness (QED) is 0.355. The Hall–Kier alpha value is -3.84. The minimum Gasteiger partial charge on any atom is -0.458 e. The Bertz CT molecular complexity index is 1640. The van der Waals surface area contributed by atoms with E-state index in [-0.39, 0.29) is 35.5 Å². The summed E-state index contributed by atoms with van der Waals surface area (Å²) in [5.41, 5.74) is 3.82. The zero-order valence-electron chi connectivity index (χ0n) is 20.8. The van der Waals surface area contributed by atoms with Gasteiger partial charge in [-0.25, -0.2) is 14.2 Å². The third-order valence-electron chi connectivity index (χ3n) is 7.82. The van der Waals surface area contributed by atoms with Crippen molar-refractivity contribution < 1.29 is 19.0 Å². The van der Waals surface area contributed by atoms with Crippen molar-refractivity contribution in [1.29, 1.82) is 0 Å². The lowest BCUT2D eigenvalue weighted by Gasteiger charge is -2.31. The van der Waals surface area contributed by atoms with E-state index in [9.17, 15) is 19.1 Å². The number of rotatable bonds is 5. The number of aromatic nitrogens is 2. The fourth-order valence-corrected chi connectivity index (χ4v) is 5.69. The summed E-state index contributed by atoms with van der Waals surface area (Å²) in [6, 6.07) is 15.2. The molecular formula is C30H27FN2O4. The molecule has 0 amide bonds. The number of hydrogen-bond donors (Lipinski definition) is 1. The molecule has 1 atom stereocenters. The Kier molecular flexibility index (Phi) is 5.49. The summed E-state index contributed by atoms with van der Waals surface area (Å²) in [4.78, 5) is 30.8. The minimum atomic E-state index is -1.89. The van der Waals surface area contributed by atoms with Crippen LogP contribution in [0.3, 0.4) is 0 Å². The van der Waals surface area contributed by atoms with Crippen molar-refractivity contribution in [3.8, 4) is 11.4 Å². The molecule has 4 heterocycles. The molecule has 0 unspecified atom stereocenters. The molecule has 0 radical (unpaired) electrons. The number of aryl methyl sites for hydroxylation is 3. The molecular weight excluding hydrogens is 471 g/mol. The second-order valence-electron chi connectivity index (χ2n) is 9.98. The van der Waals surface area contributed by atoms with Crippen molar-refractivity contribution in [1.82, 2.24) is 9.55 Å². The standard InChI is InChI=1S/C30H27FN2O4/c1-3-30(36)23-13-26-27-21(15-33(26)28(34)22(23)16-37-29(30)35)19(11-7-10-18-8-5-4-6-9-18)20-12-17(2)24(31)14-25(20)32-27/h4-6,8-9,12-14,36H,3,7,10-11,15-16H2,1-2H3/t30-/m0/s1. The second-order valence-corrected chi connectivity index (χ2v) is 9.98. The minimum absolute atomic E-state index is 0.0783. The van der Waals surface area contributed by atoms with Gasteiger partial charge in [0, 0.05) is 22.6 Å². The number of fused-ring (bicyclic) bond motifs is 5. The SMILES string of the molecule is CC[C@@]1(O)C(=O)OCc2c1cc1n(c2=O)Cc2c-1nc1cc(F)c(C)cc1c2CCCc1ccccc1. The van der Waals surface area contributed by atoms with Gasteiger partial charge in [0.1, 0.15) is 12.4 Å². The summed E-state index contributed by atoms with van der Waals surface area (Å²) in [5.74, 6) is -1.09. The van der Waals surface area contributed by atoms with Gasteiger partial charge in [-0.2, -0.15) is 0 Å². The van der Waals surface area contributed by atoms with E-state index in [1.54, 1.807) is 24.5 Å². The van der Waals surface area contributed by atoms with Crippen LogP contribution in [0.2, 0.25) is 0 Å². The average molecular weight is 499 g/mol. The molecule has 6 nitrogen and oxygen atoms in total. The van der Waals surface area contributed by atoms with Crippen LogP contribution in [0.4, 0.5) is 4.39 Å². The van der Waals surface area contributed by atoms with E-state index in [0.717, 1.165) is 35.8 Å². The largest absolute Gasteiger partial charge is 0.458 e. The Morgan fingerprint density at radius 1 is 1.11 bits per heavy atom. The van der Waals surface area contributed by atoms with E-state index in [1.807, 2.05) is 24.3 Å². The predicted molar refractivity (Wildman–Crippen MR) is 138 cm³/mol. The van der Waals surface area contributed by atoms with Crippen LogP contribution in [0.15, 0.2) is 53.3 Å². The molecule has 7 heteroatoms. The van der Waals surface area contributed by atoms with E-state index in [4.69, 9.17) is 9.72 Å². The van der Waals surface area contributed by atoms with Crippen LogP contribution >= 0.6 is 0 Å². The molecule has 0 saturated carbocycles. The molecule has 188 valence electrons. The third-order valence-corrected chi connectivity index (χ3v) is 7.82. The molecule has 0 fully saturated rings. The van der Waals surface area contributed by atoms with Crippen molar-refractivity contribution in [2.24, 2.45) is 0 Å². The van der Waals surface area contributed by atoms with Crippen LogP contribution in [-0.2, 0) is 41.1 Å². The van der Waals surface area contributed by atoms with Gasteiger partial charge in [0.25, 0.3) is 5.56 Å². The lowest BCUT2D eigenvalue weighted by atomic mass is 9.86. The van der Waals surface area contributed by atoms with Gasteiger partial charge in [-0.1, -0.05) is 37.3 Å². The van der Waals surface area contributed by atoms with E-state index in [1.165, 1.54) is 11.6 Å². The molecule has 0 bridgehead atoms. The number of pyridine rings is 2. The van der Waals surface area contributed by atoms with E-state index < -0.39 is 11.6 Å². The molecule has 0 spiro atoms. The smallest absolute Gasteiger partial charge is 0.343 e. The first-order chi connectivity index (χ1) is 17.8. The topological polar surface area (TPSA) is 81.4 Å². The molecule has 2 aromatic heterocycles. The van der Waals surface area contributed by atoms with Gasteiger partial charge in [0.2, 0.25) is 0 Å².